The molecule has 0 radical (unpaired) electrons. The lowest BCUT2D eigenvalue weighted by Crippen LogP contribution is -2.45. The van der Waals surface area contributed by atoms with Crippen LogP contribution in [0.5, 0.6) is 0 Å². The quantitative estimate of drug-likeness (QED) is 0.0424. The number of nitrogens with one attached hydrogen (secondary N) is 1. The maximum atomic E-state index is 12.3. The highest BCUT2D eigenvalue weighted by Gasteiger charge is 2.20. The summed E-state index contributed by atoms with van der Waals surface area (Å²) in [5.41, 5.74) is 0. The zero-order chi connectivity index (χ0) is 43.5. The molecule has 0 aromatic carbocycles. The van der Waals surface area contributed by atoms with Crippen molar-refractivity contribution in [2.24, 2.45) is 0 Å². The maximum Gasteiger partial charge on any atom is 0.220 e. The van der Waals surface area contributed by atoms with Crippen LogP contribution in [0.25, 0.3) is 0 Å². The molecule has 2 unspecified atom stereocenters. The molecular formula is C56H93NO3. The molecule has 3 N–H and O–H groups in total. The van der Waals surface area contributed by atoms with Crippen LogP contribution in [0.1, 0.15) is 206 Å². The summed E-state index contributed by atoms with van der Waals surface area (Å²) in [4.78, 5) is 12.3. The number of hydrogen-bond acceptors (Lipinski definition) is 3. The highest BCUT2D eigenvalue weighted by atomic mass is 16.3. The summed E-state index contributed by atoms with van der Waals surface area (Å²) in [6.45, 7) is 4.18. The number of carbonyl (C=O) groups is 1. The monoisotopic (exact) mass is 828 g/mol. The number of aliphatic hydroxyl groups excluding tert-OH is 2. The Balaban J connectivity index is 3.58. The molecule has 0 saturated carbocycles. The van der Waals surface area contributed by atoms with E-state index in [0.717, 1.165) is 89.9 Å². The van der Waals surface area contributed by atoms with Crippen molar-refractivity contribution in [1.29, 1.82) is 0 Å². The van der Waals surface area contributed by atoms with E-state index in [1.807, 2.05) is 0 Å². The molecule has 0 aliphatic rings. The Morgan fingerprint density at radius 2 is 0.733 bits per heavy atom. The van der Waals surface area contributed by atoms with Crippen LogP contribution in [-0.4, -0.2) is 34.9 Å². The van der Waals surface area contributed by atoms with Gasteiger partial charge in [-0.25, -0.2) is 0 Å². The minimum absolute atomic E-state index is 0.0461. The fraction of sp³-hybridized carbons (Fsp3) is 0.625. The molecule has 4 nitrogen and oxygen atoms in total. The fourth-order valence-corrected chi connectivity index (χ4v) is 6.74. The molecule has 340 valence electrons. The van der Waals surface area contributed by atoms with Gasteiger partial charge in [0.25, 0.3) is 0 Å². The van der Waals surface area contributed by atoms with Gasteiger partial charge in [-0.2, -0.15) is 0 Å². The van der Waals surface area contributed by atoms with Gasteiger partial charge in [0.05, 0.1) is 18.8 Å². The van der Waals surface area contributed by atoms with E-state index in [4.69, 9.17) is 0 Å². The normalized spacial score (nSPS) is 14.0. The van der Waals surface area contributed by atoms with Gasteiger partial charge in [-0.3, -0.25) is 4.79 Å². The van der Waals surface area contributed by atoms with Crippen molar-refractivity contribution in [2.75, 3.05) is 6.61 Å². The summed E-state index contributed by atoms with van der Waals surface area (Å²) in [5.74, 6) is -0.0461. The van der Waals surface area contributed by atoms with Crippen LogP contribution in [0.4, 0.5) is 0 Å². The third kappa shape index (κ3) is 45.9. The predicted octanol–water partition coefficient (Wildman–Crippen LogP) is 16.1. The van der Waals surface area contributed by atoms with Crippen LogP contribution < -0.4 is 5.32 Å². The average molecular weight is 828 g/mol. The van der Waals surface area contributed by atoms with Gasteiger partial charge in [0.15, 0.2) is 0 Å². The molecule has 1 amide bonds. The number of carbonyl (C=O) groups excluding carboxylic acids is 1. The van der Waals surface area contributed by atoms with E-state index in [1.54, 1.807) is 0 Å². The molecule has 4 heteroatoms. The van der Waals surface area contributed by atoms with E-state index in [2.05, 4.69) is 141 Å². The third-order valence-corrected chi connectivity index (χ3v) is 10.5. The van der Waals surface area contributed by atoms with Crippen molar-refractivity contribution in [2.45, 2.75) is 219 Å². The fourth-order valence-electron chi connectivity index (χ4n) is 6.74. The first kappa shape index (κ1) is 56.8. The lowest BCUT2D eigenvalue weighted by molar-refractivity contribution is -0.123. The smallest absolute Gasteiger partial charge is 0.220 e. The lowest BCUT2D eigenvalue weighted by Gasteiger charge is -2.22. The number of allylic oxidation sites excluding steroid dienone is 20. The Morgan fingerprint density at radius 1 is 0.417 bits per heavy atom. The van der Waals surface area contributed by atoms with Gasteiger partial charge >= 0.3 is 0 Å². The zero-order valence-electron chi connectivity index (χ0n) is 38.9. The molecule has 0 spiro atoms. The summed E-state index contributed by atoms with van der Waals surface area (Å²) < 4.78 is 0. The second-order valence-electron chi connectivity index (χ2n) is 16.2. The predicted molar refractivity (Wildman–Crippen MR) is 266 cm³/mol. The standard InChI is InChI=1S/C56H93NO3/c1-3-5-7-9-11-12-13-14-15-16-17-18-19-20-21-22-23-24-25-26-27-28-29-30-31-32-33-34-35-36-37-38-39-40-41-42-43-44-46-48-50-52-56(60)57-54(53-58)55(59)51-49-47-45-10-8-6-4-2/h5,7,11-12,14-15,17-18,20-21,23-24,26-27,29-30,32-33,35-36,54-55,58-59H,3-4,6,8-10,13,16,19,22,25,28,31,34,37-53H2,1-2H3,(H,57,60)/b7-5-,12-11-,15-14-,18-17-,21-20-,24-23-,27-26-,30-29-,33-32-,36-35-. The van der Waals surface area contributed by atoms with Crippen LogP contribution in [0.2, 0.25) is 0 Å². The van der Waals surface area contributed by atoms with Gasteiger partial charge in [-0.05, 0) is 89.9 Å². The second-order valence-corrected chi connectivity index (χ2v) is 16.2. The second kappa shape index (κ2) is 50.1. The highest BCUT2D eigenvalue weighted by molar-refractivity contribution is 5.76. The van der Waals surface area contributed by atoms with Crippen molar-refractivity contribution in [3.8, 4) is 0 Å². The van der Waals surface area contributed by atoms with E-state index in [9.17, 15) is 15.0 Å². The van der Waals surface area contributed by atoms with E-state index in [-0.39, 0.29) is 12.5 Å². The summed E-state index contributed by atoms with van der Waals surface area (Å²) in [6.07, 6.45) is 77.4. The molecule has 0 fully saturated rings. The third-order valence-electron chi connectivity index (χ3n) is 10.5. The van der Waals surface area contributed by atoms with E-state index < -0.39 is 12.1 Å². The van der Waals surface area contributed by atoms with Gasteiger partial charge in [0.1, 0.15) is 0 Å². The Morgan fingerprint density at radius 3 is 1.10 bits per heavy atom. The van der Waals surface area contributed by atoms with E-state index in [0.29, 0.717) is 12.8 Å². The number of rotatable bonds is 43. The molecule has 0 aliphatic carbocycles. The molecular weight excluding hydrogens is 735 g/mol. The van der Waals surface area contributed by atoms with Gasteiger partial charge in [0.2, 0.25) is 5.91 Å². The zero-order valence-corrected chi connectivity index (χ0v) is 38.9. The molecule has 0 aromatic rings. The van der Waals surface area contributed by atoms with Crippen molar-refractivity contribution in [1.82, 2.24) is 5.32 Å². The van der Waals surface area contributed by atoms with E-state index >= 15 is 0 Å². The van der Waals surface area contributed by atoms with Crippen LogP contribution in [0, 0.1) is 0 Å². The number of aliphatic hydroxyl groups is 2. The number of unbranched alkanes of at least 4 members (excludes halogenated alkanes) is 16. The molecule has 0 rings (SSSR count). The number of hydrogen-bond donors (Lipinski definition) is 3. The van der Waals surface area contributed by atoms with Gasteiger partial charge in [0, 0.05) is 6.42 Å². The Kier molecular flexibility index (Phi) is 47.5. The molecule has 60 heavy (non-hydrogen) atoms. The van der Waals surface area contributed by atoms with Crippen molar-refractivity contribution >= 4 is 5.91 Å². The van der Waals surface area contributed by atoms with Crippen LogP contribution in [0.15, 0.2) is 122 Å². The van der Waals surface area contributed by atoms with Crippen LogP contribution in [-0.2, 0) is 4.79 Å². The van der Waals surface area contributed by atoms with E-state index in [1.165, 1.54) is 89.9 Å². The molecule has 0 saturated heterocycles. The minimum atomic E-state index is -0.664. The van der Waals surface area contributed by atoms with Crippen molar-refractivity contribution in [3.05, 3.63) is 122 Å². The Hall–Kier alpha value is -3.21. The summed E-state index contributed by atoms with van der Waals surface area (Å²) in [5, 5.41) is 23.0. The van der Waals surface area contributed by atoms with Gasteiger partial charge in [-0.15, -0.1) is 0 Å². The first-order valence-corrected chi connectivity index (χ1v) is 24.7. The average Bonchev–Trinajstić information content (AvgIpc) is 3.25. The lowest BCUT2D eigenvalue weighted by atomic mass is 10.0. The first-order chi connectivity index (χ1) is 29.7. The molecule has 2 atom stereocenters. The summed E-state index contributed by atoms with van der Waals surface area (Å²) in [7, 11) is 0. The van der Waals surface area contributed by atoms with Crippen LogP contribution >= 0.6 is 0 Å². The number of amides is 1. The SMILES string of the molecule is CC/C=C\C/C=C\C/C=C\C/C=C\C/C=C\C/C=C\C/C=C\C/C=C\C/C=C\C/C=C\CCCCCCCCCCCCC(=O)NC(CO)C(O)CCCCCCCCC. The Bertz CT molecular complexity index is 1210. The maximum absolute atomic E-state index is 12.3. The van der Waals surface area contributed by atoms with Crippen molar-refractivity contribution < 1.29 is 15.0 Å². The summed E-state index contributed by atoms with van der Waals surface area (Å²) >= 11 is 0. The molecule has 0 heterocycles. The summed E-state index contributed by atoms with van der Waals surface area (Å²) in [6, 6.07) is -0.542. The Labute approximate surface area is 371 Å². The van der Waals surface area contributed by atoms with Gasteiger partial charge < -0.3 is 15.5 Å². The first-order valence-electron chi connectivity index (χ1n) is 24.7. The van der Waals surface area contributed by atoms with Crippen molar-refractivity contribution in [3.63, 3.8) is 0 Å². The topological polar surface area (TPSA) is 69.6 Å². The molecule has 0 aliphatic heterocycles. The minimum Gasteiger partial charge on any atom is -0.394 e. The largest absolute Gasteiger partial charge is 0.394 e. The molecule has 0 aromatic heterocycles. The van der Waals surface area contributed by atoms with Gasteiger partial charge in [-0.1, -0.05) is 232 Å². The molecule has 0 bridgehead atoms. The highest BCUT2D eigenvalue weighted by Crippen LogP contribution is 2.14. The van der Waals surface area contributed by atoms with Crippen LogP contribution in [0.3, 0.4) is 0 Å².